The molecule has 2 atom stereocenters. The van der Waals surface area contributed by atoms with Crippen LogP contribution >= 0.6 is 11.6 Å². The zero-order valence-corrected chi connectivity index (χ0v) is 14.6. The lowest BCUT2D eigenvalue weighted by atomic mass is 9.70. The first-order valence-corrected chi connectivity index (χ1v) is 8.75. The first-order chi connectivity index (χ1) is 11.0. The summed E-state index contributed by atoms with van der Waals surface area (Å²) in [7, 11) is 1.85. The molecule has 0 aromatic carbocycles. The molecule has 2 fully saturated rings. The fourth-order valence-electron chi connectivity index (χ4n) is 4.13. The van der Waals surface area contributed by atoms with Gasteiger partial charge in [0.05, 0.1) is 11.1 Å². The molecule has 0 spiro atoms. The maximum absolute atomic E-state index is 12.0. The van der Waals surface area contributed by atoms with Crippen LogP contribution in [0, 0.1) is 5.41 Å². The number of carboxylic acids is 1. The van der Waals surface area contributed by atoms with Gasteiger partial charge in [-0.15, -0.1) is 0 Å². The highest BCUT2D eigenvalue weighted by Gasteiger charge is 2.50. The van der Waals surface area contributed by atoms with Crippen LogP contribution in [0.3, 0.4) is 0 Å². The minimum absolute atomic E-state index is 0.0833. The third-order valence-corrected chi connectivity index (χ3v) is 5.86. The molecule has 2 saturated heterocycles. The summed E-state index contributed by atoms with van der Waals surface area (Å²) in [6.45, 7) is 5.14. The average Bonchev–Trinajstić information content (AvgIpc) is 2.82. The van der Waals surface area contributed by atoms with Gasteiger partial charge in [0.25, 0.3) is 0 Å². The Morgan fingerprint density at radius 3 is 3.04 bits per heavy atom. The number of carbonyl (C=O) groups is 1. The molecule has 3 rings (SSSR count). The molecule has 0 amide bonds. The molecule has 128 valence electrons. The number of piperidine rings is 2. The van der Waals surface area contributed by atoms with Gasteiger partial charge in [-0.1, -0.05) is 18.5 Å². The highest BCUT2D eigenvalue weighted by molar-refractivity contribution is 6.30. The minimum Gasteiger partial charge on any atom is -0.481 e. The second-order valence-corrected chi connectivity index (χ2v) is 7.12. The maximum atomic E-state index is 12.0. The number of aliphatic carboxylic acids is 1. The van der Waals surface area contributed by atoms with E-state index in [-0.39, 0.29) is 6.04 Å². The van der Waals surface area contributed by atoms with Crippen LogP contribution < -0.4 is 5.32 Å². The van der Waals surface area contributed by atoms with E-state index in [0.29, 0.717) is 18.2 Å². The van der Waals surface area contributed by atoms with E-state index in [4.69, 9.17) is 11.6 Å². The van der Waals surface area contributed by atoms with Crippen molar-refractivity contribution in [3.05, 3.63) is 16.4 Å². The van der Waals surface area contributed by atoms with Crippen molar-refractivity contribution in [2.75, 3.05) is 19.6 Å². The Morgan fingerprint density at radius 2 is 2.35 bits per heavy atom. The number of nitrogens with one attached hydrogen (secondary N) is 1. The zero-order chi connectivity index (χ0) is 16.6. The molecule has 2 N–H and O–H groups in total. The molecule has 2 aliphatic heterocycles. The number of aromatic nitrogens is 2. The van der Waals surface area contributed by atoms with E-state index >= 15 is 0 Å². The summed E-state index contributed by atoms with van der Waals surface area (Å²) in [4.78, 5) is 14.2. The van der Waals surface area contributed by atoms with Gasteiger partial charge in [0.1, 0.15) is 5.15 Å². The summed E-state index contributed by atoms with van der Waals surface area (Å²) in [6, 6.07) is 0.0833. The van der Waals surface area contributed by atoms with E-state index in [1.165, 1.54) is 0 Å². The first kappa shape index (κ1) is 16.7. The lowest BCUT2D eigenvalue weighted by Crippen LogP contribution is -2.62. The molecule has 3 heterocycles. The predicted octanol–water partition coefficient (Wildman–Crippen LogP) is 1.66. The van der Waals surface area contributed by atoms with Crippen molar-refractivity contribution < 1.29 is 9.90 Å². The second kappa shape index (κ2) is 6.42. The van der Waals surface area contributed by atoms with Crippen LogP contribution in [-0.4, -0.2) is 51.4 Å². The number of rotatable bonds is 4. The van der Waals surface area contributed by atoms with Gasteiger partial charge in [-0.2, -0.15) is 5.10 Å². The minimum atomic E-state index is -0.674. The fourth-order valence-corrected chi connectivity index (χ4v) is 4.34. The van der Waals surface area contributed by atoms with Crippen LogP contribution in [0.1, 0.15) is 37.4 Å². The molecule has 1 aromatic heterocycles. The van der Waals surface area contributed by atoms with E-state index in [1.807, 2.05) is 7.05 Å². The highest BCUT2D eigenvalue weighted by atomic mass is 35.5. The molecule has 7 heteroatoms. The van der Waals surface area contributed by atoms with Crippen molar-refractivity contribution in [3.63, 3.8) is 0 Å². The number of carboxylic acid groups (broad SMARTS) is 1. The lowest BCUT2D eigenvalue weighted by molar-refractivity contribution is -0.157. The van der Waals surface area contributed by atoms with Gasteiger partial charge in [-0.3, -0.25) is 14.4 Å². The Balaban J connectivity index is 1.81. The largest absolute Gasteiger partial charge is 0.481 e. The normalized spacial score (nSPS) is 28.6. The van der Waals surface area contributed by atoms with E-state index in [9.17, 15) is 9.90 Å². The smallest absolute Gasteiger partial charge is 0.312 e. The van der Waals surface area contributed by atoms with Crippen molar-refractivity contribution in [1.29, 1.82) is 0 Å². The second-order valence-electron chi connectivity index (χ2n) is 6.76. The number of nitrogens with zero attached hydrogens (tertiary/aromatic N) is 3. The molecule has 0 aliphatic carbocycles. The molecule has 0 radical (unpaired) electrons. The molecular weight excluding hydrogens is 316 g/mol. The lowest BCUT2D eigenvalue weighted by Gasteiger charge is -2.48. The van der Waals surface area contributed by atoms with Crippen LogP contribution in [-0.2, 0) is 24.8 Å². The number of hydrogen-bond donors (Lipinski definition) is 2. The molecule has 2 aliphatic rings. The molecule has 0 bridgehead atoms. The van der Waals surface area contributed by atoms with E-state index in [1.54, 1.807) is 4.68 Å². The summed E-state index contributed by atoms with van der Waals surface area (Å²) in [5.41, 5.74) is 1.38. The van der Waals surface area contributed by atoms with Crippen LogP contribution in [0.25, 0.3) is 0 Å². The fraction of sp³-hybridized carbons (Fsp3) is 0.750. The van der Waals surface area contributed by atoms with Gasteiger partial charge in [-0.25, -0.2) is 0 Å². The molecule has 0 saturated carbocycles. The molecular formula is C16H25ClN4O2. The topological polar surface area (TPSA) is 70.4 Å². The summed E-state index contributed by atoms with van der Waals surface area (Å²) in [6.07, 6.45) is 3.37. The Hall–Kier alpha value is -1.11. The van der Waals surface area contributed by atoms with Gasteiger partial charge in [0.15, 0.2) is 0 Å². The Morgan fingerprint density at radius 1 is 1.57 bits per heavy atom. The molecule has 0 unspecified atom stereocenters. The summed E-state index contributed by atoms with van der Waals surface area (Å²) in [5.74, 6) is -0.674. The van der Waals surface area contributed by atoms with Gasteiger partial charge in [0.2, 0.25) is 0 Å². The number of likely N-dealkylation sites (tertiary alicyclic amines) is 1. The standard InChI is InChI=1S/C16H25ClN4O2/c1-3-12-11(14(17)20(2)19-12)9-21-8-5-13-16(10-21,15(22)23)6-4-7-18-13/h13,18H,3-10H2,1-2H3,(H,22,23)/t13-,16+/m0/s1. The van der Waals surface area contributed by atoms with Gasteiger partial charge in [0, 0.05) is 38.3 Å². The number of aryl methyl sites for hydroxylation is 2. The number of halogens is 1. The average molecular weight is 341 g/mol. The van der Waals surface area contributed by atoms with E-state index < -0.39 is 11.4 Å². The number of hydrogen-bond acceptors (Lipinski definition) is 4. The third kappa shape index (κ3) is 2.88. The van der Waals surface area contributed by atoms with Crippen molar-refractivity contribution in [1.82, 2.24) is 20.0 Å². The summed E-state index contributed by atoms with van der Waals surface area (Å²) < 4.78 is 1.71. The van der Waals surface area contributed by atoms with Gasteiger partial charge < -0.3 is 10.4 Å². The third-order valence-electron chi connectivity index (χ3n) is 5.39. The van der Waals surface area contributed by atoms with Crippen LogP contribution in [0.5, 0.6) is 0 Å². The maximum Gasteiger partial charge on any atom is 0.312 e. The van der Waals surface area contributed by atoms with Crippen molar-refractivity contribution >= 4 is 17.6 Å². The SMILES string of the molecule is CCc1nn(C)c(Cl)c1CN1CC[C@@H]2NCCC[C@@]2(C(=O)O)C1. The Bertz CT molecular complexity index is 603. The van der Waals surface area contributed by atoms with Crippen molar-refractivity contribution in [2.24, 2.45) is 12.5 Å². The summed E-state index contributed by atoms with van der Waals surface area (Å²) in [5, 5.41) is 18.4. The Kier molecular flexibility index (Phi) is 4.67. The first-order valence-electron chi connectivity index (χ1n) is 8.37. The quantitative estimate of drug-likeness (QED) is 0.872. The highest BCUT2D eigenvalue weighted by Crippen LogP contribution is 2.38. The molecule has 6 nitrogen and oxygen atoms in total. The molecule has 1 aromatic rings. The van der Waals surface area contributed by atoms with Crippen LogP contribution in [0.4, 0.5) is 0 Å². The van der Waals surface area contributed by atoms with E-state index in [2.05, 4.69) is 22.2 Å². The summed E-state index contributed by atoms with van der Waals surface area (Å²) >= 11 is 6.39. The van der Waals surface area contributed by atoms with Crippen molar-refractivity contribution in [3.8, 4) is 0 Å². The van der Waals surface area contributed by atoms with E-state index in [0.717, 1.165) is 50.0 Å². The van der Waals surface area contributed by atoms with Gasteiger partial charge >= 0.3 is 5.97 Å². The Labute approximate surface area is 141 Å². The molecule has 23 heavy (non-hydrogen) atoms. The van der Waals surface area contributed by atoms with Gasteiger partial charge in [-0.05, 0) is 32.2 Å². The van der Waals surface area contributed by atoms with Crippen LogP contribution in [0.15, 0.2) is 0 Å². The van der Waals surface area contributed by atoms with Crippen LogP contribution in [0.2, 0.25) is 5.15 Å². The number of fused-ring (bicyclic) bond motifs is 1. The monoisotopic (exact) mass is 340 g/mol. The van der Waals surface area contributed by atoms with Crippen molar-refractivity contribution in [2.45, 2.75) is 45.2 Å². The predicted molar refractivity (Wildman–Crippen MR) is 88.6 cm³/mol. The zero-order valence-electron chi connectivity index (χ0n) is 13.8.